The SMILES string of the molecule is Cc1cccc(CC(=O)c2ccoc2Br)c1. The van der Waals surface area contributed by atoms with Gasteiger partial charge in [-0.2, -0.15) is 0 Å². The minimum Gasteiger partial charge on any atom is -0.457 e. The van der Waals surface area contributed by atoms with E-state index < -0.39 is 0 Å². The van der Waals surface area contributed by atoms with Crippen molar-refractivity contribution in [2.75, 3.05) is 0 Å². The fourth-order valence-corrected chi connectivity index (χ4v) is 2.06. The first-order valence-corrected chi connectivity index (χ1v) is 5.78. The van der Waals surface area contributed by atoms with Crippen LogP contribution in [0.1, 0.15) is 21.5 Å². The number of halogens is 1. The van der Waals surface area contributed by atoms with Crippen LogP contribution in [0.2, 0.25) is 0 Å². The second-order valence-electron chi connectivity index (χ2n) is 3.70. The molecule has 0 atom stereocenters. The van der Waals surface area contributed by atoms with E-state index in [1.807, 2.05) is 31.2 Å². The van der Waals surface area contributed by atoms with Gasteiger partial charge in [0.15, 0.2) is 10.5 Å². The average Bonchev–Trinajstić information content (AvgIpc) is 2.64. The fraction of sp³-hybridized carbons (Fsp3) is 0.154. The molecule has 2 rings (SSSR count). The van der Waals surface area contributed by atoms with Crippen LogP contribution in [0, 0.1) is 6.92 Å². The highest BCUT2D eigenvalue weighted by atomic mass is 79.9. The summed E-state index contributed by atoms with van der Waals surface area (Å²) in [6.45, 7) is 2.02. The Kier molecular flexibility index (Phi) is 3.25. The number of benzene rings is 1. The zero-order valence-electron chi connectivity index (χ0n) is 8.87. The summed E-state index contributed by atoms with van der Waals surface area (Å²) >= 11 is 3.21. The molecule has 82 valence electrons. The molecule has 3 heteroatoms. The number of Topliss-reactive ketones (excluding diaryl/α,β-unsaturated/α-hetero) is 1. The Morgan fingerprint density at radius 1 is 1.38 bits per heavy atom. The van der Waals surface area contributed by atoms with Gasteiger partial charge in [-0.15, -0.1) is 0 Å². The summed E-state index contributed by atoms with van der Waals surface area (Å²) in [5.41, 5.74) is 2.79. The van der Waals surface area contributed by atoms with Gasteiger partial charge in [0.25, 0.3) is 0 Å². The summed E-state index contributed by atoms with van der Waals surface area (Å²) < 4.78 is 5.55. The van der Waals surface area contributed by atoms with Crippen molar-refractivity contribution < 1.29 is 9.21 Å². The molecule has 16 heavy (non-hydrogen) atoms. The summed E-state index contributed by atoms with van der Waals surface area (Å²) in [5, 5.41) is 0. The molecule has 1 heterocycles. The summed E-state index contributed by atoms with van der Waals surface area (Å²) in [4.78, 5) is 11.9. The van der Waals surface area contributed by atoms with Crippen molar-refractivity contribution in [3.05, 3.63) is 58.0 Å². The predicted octanol–water partition coefficient (Wildman–Crippen LogP) is 3.78. The molecule has 2 aromatic rings. The summed E-state index contributed by atoms with van der Waals surface area (Å²) in [6.07, 6.45) is 1.91. The molecule has 0 spiro atoms. The van der Waals surface area contributed by atoms with E-state index in [2.05, 4.69) is 15.9 Å². The molecule has 0 aliphatic heterocycles. The van der Waals surface area contributed by atoms with Crippen LogP contribution in [0.4, 0.5) is 0 Å². The van der Waals surface area contributed by atoms with Crippen molar-refractivity contribution in [2.45, 2.75) is 13.3 Å². The van der Waals surface area contributed by atoms with Crippen LogP contribution >= 0.6 is 15.9 Å². The molecule has 0 amide bonds. The molecule has 1 aromatic heterocycles. The van der Waals surface area contributed by atoms with E-state index >= 15 is 0 Å². The summed E-state index contributed by atoms with van der Waals surface area (Å²) in [7, 11) is 0. The van der Waals surface area contributed by atoms with Crippen molar-refractivity contribution in [1.29, 1.82) is 0 Å². The van der Waals surface area contributed by atoms with Gasteiger partial charge >= 0.3 is 0 Å². The first kappa shape index (κ1) is 11.1. The lowest BCUT2D eigenvalue weighted by atomic mass is 10.0. The third-order valence-corrected chi connectivity index (χ3v) is 2.98. The molecule has 0 bridgehead atoms. The molecule has 0 unspecified atom stereocenters. The second-order valence-corrected chi connectivity index (χ2v) is 4.42. The Hall–Kier alpha value is -1.35. The first-order chi connectivity index (χ1) is 7.66. The number of ketones is 1. The van der Waals surface area contributed by atoms with E-state index in [1.165, 1.54) is 6.26 Å². The topological polar surface area (TPSA) is 30.2 Å². The molecule has 0 saturated carbocycles. The summed E-state index contributed by atoms with van der Waals surface area (Å²) in [6, 6.07) is 9.64. The Morgan fingerprint density at radius 2 is 2.19 bits per heavy atom. The highest BCUT2D eigenvalue weighted by Crippen LogP contribution is 2.19. The van der Waals surface area contributed by atoms with E-state index in [1.54, 1.807) is 6.07 Å². The third kappa shape index (κ3) is 2.42. The number of furan rings is 1. The standard InChI is InChI=1S/C13H11BrO2/c1-9-3-2-4-10(7-9)8-12(15)11-5-6-16-13(11)14/h2-7H,8H2,1H3. The zero-order valence-corrected chi connectivity index (χ0v) is 10.5. The van der Waals surface area contributed by atoms with Crippen LogP contribution in [0.5, 0.6) is 0 Å². The van der Waals surface area contributed by atoms with Gasteiger partial charge in [0, 0.05) is 6.42 Å². The van der Waals surface area contributed by atoms with E-state index in [0.29, 0.717) is 16.7 Å². The van der Waals surface area contributed by atoms with Crippen LogP contribution in [0.3, 0.4) is 0 Å². The Labute approximate surface area is 102 Å². The monoisotopic (exact) mass is 278 g/mol. The van der Waals surface area contributed by atoms with Crippen molar-refractivity contribution in [3.8, 4) is 0 Å². The van der Waals surface area contributed by atoms with E-state index in [0.717, 1.165) is 11.1 Å². The number of carbonyl (C=O) groups excluding carboxylic acids is 1. The Balaban J connectivity index is 2.17. The predicted molar refractivity (Wildman–Crippen MR) is 65.6 cm³/mol. The molecule has 0 aliphatic carbocycles. The largest absolute Gasteiger partial charge is 0.457 e. The van der Waals surface area contributed by atoms with Crippen molar-refractivity contribution >= 4 is 21.7 Å². The molecule has 0 radical (unpaired) electrons. The number of hydrogen-bond acceptors (Lipinski definition) is 2. The van der Waals surface area contributed by atoms with E-state index in [9.17, 15) is 4.79 Å². The highest BCUT2D eigenvalue weighted by Gasteiger charge is 2.12. The van der Waals surface area contributed by atoms with Crippen LogP contribution in [-0.4, -0.2) is 5.78 Å². The van der Waals surface area contributed by atoms with Crippen molar-refractivity contribution in [2.24, 2.45) is 0 Å². The highest BCUT2D eigenvalue weighted by molar-refractivity contribution is 9.10. The maximum Gasteiger partial charge on any atom is 0.179 e. The first-order valence-electron chi connectivity index (χ1n) is 4.98. The lowest BCUT2D eigenvalue weighted by Gasteiger charge is -2.01. The maximum atomic E-state index is 11.9. The minimum absolute atomic E-state index is 0.0613. The van der Waals surface area contributed by atoms with Gasteiger partial charge in [-0.25, -0.2) is 0 Å². The molecule has 2 nitrogen and oxygen atoms in total. The van der Waals surface area contributed by atoms with E-state index in [4.69, 9.17) is 4.42 Å². The van der Waals surface area contributed by atoms with E-state index in [-0.39, 0.29) is 5.78 Å². The molecule has 0 fully saturated rings. The van der Waals surface area contributed by atoms with Crippen molar-refractivity contribution in [3.63, 3.8) is 0 Å². The smallest absolute Gasteiger partial charge is 0.179 e. The van der Waals surface area contributed by atoms with Crippen molar-refractivity contribution in [1.82, 2.24) is 0 Å². The van der Waals surface area contributed by atoms with Crippen LogP contribution in [0.15, 0.2) is 45.7 Å². The number of aryl methyl sites for hydroxylation is 1. The lowest BCUT2D eigenvalue weighted by Crippen LogP contribution is -2.02. The molecular formula is C13H11BrO2. The Bertz CT molecular complexity index is 514. The molecule has 0 aliphatic rings. The zero-order chi connectivity index (χ0) is 11.5. The van der Waals surface area contributed by atoms with Gasteiger partial charge in [-0.05, 0) is 34.5 Å². The van der Waals surface area contributed by atoms with Gasteiger partial charge in [0.1, 0.15) is 0 Å². The van der Waals surface area contributed by atoms with Crippen LogP contribution in [0.25, 0.3) is 0 Å². The normalized spacial score (nSPS) is 10.4. The van der Waals surface area contributed by atoms with Gasteiger partial charge in [0.2, 0.25) is 0 Å². The number of carbonyl (C=O) groups is 1. The van der Waals surface area contributed by atoms with Gasteiger partial charge < -0.3 is 4.42 Å². The third-order valence-electron chi connectivity index (χ3n) is 2.37. The minimum atomic E-state index is 0.0613. The number of rotatable bonds is 3. The quantitative estimate of drug-likeness (QED) is 0.800. The average molecular weight is 279 g/mol. The fourth-order valence-electron chi connectivity index (χ4n) is 1.60. The summed E-state index contributed by atoms with van der Waals surface area (Å²) in [5.74, 6) is 0.0613. The van der Waals surface area contributed by atoms with Gasteiger partial charge in [-0.3, -0.25) is 4.79 Å². The second kappa shape index (κ2) is 4.66. The molecule has 1 aromatic carbocycles. The molecule has 0 saturated heterocycles. The molecular weight excluding hydrogens is 268 g/mol. The van der Waals surface area contributed by atoms with Gasteiger partial charge in [-0.1, -0.05) is 29.8 Å². The maximum absolute atomic E-state index is 11.9. The molecule has 0 N–H and O–H groups in total. The number of hydrogen-bond donors (Lipinski definition) is 0. The lowest BCUT2D eigenvalue weighted by molar-refractivity contribution is 0.0991. The Morgan fingerprint density at radius 3 is 2.81 bits per heavy atom. The van der Waals surface area contributed by atoms with Gasteiger partial charge in [0.05, 0.1) is 11.8 Å². The van der Waals surface area contributed by atoms with Crippen LogP contribution in [-0.2, 0) is 6.42 Å². The van der Waals surface area contributed by atoms with Crippen LogP contribution < -0.4 is 0 Å².